The van der Waals surface area contributed by atoms with E-state index in [1.54, 1.807) is 10.9 Å². The maximum absolute atomic E-state index is 12.7. The van der Waals surface area contributed by atoms with Crippen LogP contribution in [0.5, 0.6) is 0 Å². The van der Waals surface area contributed by atoms with E-state index in [4.69, 9.17) is 10.3 Å². The van der Waals surface area contributed by atoms with E-state index in [0.717, 1.165) is 42.5 Å². The minimum absolute atomic E-state index is 0.000513. The number of nitrogens with one attached hydrogen (secondary N) is 1. The van der Waals surface area contributed by atoms with Crippen LogP contribution < -0.4 is 5.43 Å². The summed E-state index contributed by atoms with van der Waals surface area (Å²) in [6.45, 7) is 0.561. The number of hydrogen-bond acceptors (Lipinski definition) is 6. The average Bonchev–Trinajstić information content (AvgIpc) is 3.49. The Bertz CT molecular complexity index is 1260. The molecule has 1 aromatic carbocycles. The quantitative estimate of drug-likeness (QED) is 0.741. The topological polar surface area (TPSA) is 122 Å². The van der Waals surface area contributed by atoms with E-state index < -0.39 is 5.92 Å². The van der Waals surface area contributed by atoms with E-state index in [2.05, 4.69) is 27.7 Å². The lowest BCUT2D eigenvalue weighted by atomic mass is 9.84. The van der Waals surface area contributed by atoms with E-state index >= 15 is 0 Å². The summed E-state index contributed by atoms with van der Waals surface area (Å²) >= 11 is 0. The van der Waals surface area contributed by atoms with Crippen LogP contribution in [0, 0.1) is 34.5 Å². The molecule has 1 saturated carbocycles. The van der Waals surface area contributed by atoms with Crippen LogP contribution in [0.1, 0.15) is 32.1 Å². The van der Waals surface area contributed by atoms with Gasteiger partial charge in [0.25, 0.3) is 5.91 Å². The Morgan fingerprint density at radius 3 is 2.76 bits per heavy atom. The predicted octanol–water partition coefficient (Wildman–Crippen LogP) is 3.51. The highest BCUT2D eigenvalue weighted by Gasteiger charge is 2.45. The molecule has 9 heteroatoms. The fourth-order valence-corrected chi connectivity index (χ4v) is 4.82. The molecule has 5 rings (SSSR count). The maximum Gasteiger partial charge on any atom is 0.262 e. The number of amidine groups is 1. The van der Waals surface area contributed by atoms with Crippen LogP contribution in [0.2, 0.25) is 0 Å². The third-order valence-corrected chi connectivity index (χ3v) is 6.54. The van der Waals surface area contributed by atoms with Gasteiger partial charge in [0, 0.05) is 18.0 Å². The van der Waals surface area contributed by atoms with Crippen molar-refractivity contribution >= 4 is 23.6 Å². The lowest BCUT2D eigenvalue weighted by molar-refractivity contribution is -0.119. The lowest BCUT2D eigenvalue weighted by Gasteiger charge is -2.36. The minimum atomic E-state index is -0.579. The zero-order valence-electron chi connectivity index (χ0n) is 18.6. The first-order valence-corrected chi connectivity index (χ1v) is 11.5. The zero-order valence-corrected chi connectivity index (χ0v) is 18.6. The van der Waals surface area contributed by atoms with Gasteiger partial charge in [-0.3, -0.25) is 19.9 Å². The molecule has 0 bridgehead atoms. The number of hydrazine groups is 1. The molecule has 9 nitrogen and oxygen atoms in total. The first-order valence-electron chi connectivity index (χ1n) is 11.5. The van der Waals surface area contributed by atoms with Crippen molar-refractivity contribution in [1.82, 2.24) is 20.2 Å². The Morgan fingerprint density at radius 1 is 1.15 bits per heavy atom. The highest BCUT2D eigenvalue weighted by molar-refractivity contribution is 6.12. The molecular weight excluding hydrogens is 428 g/mol. The van der Waals surface area contributed by atoms with Crippen LogP contribution in [-0.2, 0) is 11.3 Å². The minimum Gasteiger partial charge on any atom is -0.285 e. The van der Waals surface area contributed by atoms with Crippen molar-refractivity contribution in [2.45, 2.75) is 44.7 Å². The number of carbonyl (C=O) groups excluding carboxylic acids is 1. The van der Waals surface area contributed by atoms with Crippen LogP contribution in [0.15, 0.2) is 58.4 Å². The van der Waals surface area contributed by atoms with Crippen LogP contribution in [0.3, 0.4) is 0 Å². The number of aryl methyl sites for hydroxylation is 1. The second-order valence-corrected chi connectivity index (χ2v) is 8.65. The summed E-state index contributed by atoms with van der Waals surface area (Å²) in [5, 5.41) is 24.7. The van der Waals surface area contributed by atoms with Crippen molar-refractivity contribution in [2.24, 2.45) is 21.8 Å². The highest BCUT2D eigenvalue weighted by atomic mass is 16.1. The fraction of sp³-hybridized carbons (Fsp3) is 0.360. The molecule has 1 saturated heterocycles. The van der Waals surface area contributed by atoms with E-state index in [-0.39, 0.29) is 17.9 Å². The molecule has 1 aliphatic carbocycles. The van der Waals surface area contributed by atoms with Crippen molar-refractivity contribution in [3.05, 3.63) is 48.4 Å². The molecule has 2 aromatic rings. The molecule has 2 aliphatic heterocycles. The summed E-state index contributed by atoms with van der Waals surface area (Å²) in [5.74, 6) is -0.391. The third kappa shape index (κ3) is 4.08. The maximum atomic E-state index is 12.7. The number of nitriles is 2. The van der Waals surface area contributed by atoms with Gasteiger partial charge in [-0.15, -0.1) is 0 Å². The van der Waals surface area contributed by atoms with Crippen molar-refractivity contribution in [2.75, 3.05) is 0 Å². The SMILES string of the molecule is N#CCCn1cc(-c2ccc(N=C3NN([C@H]4CCCC[C@@H]4C#N)C4=CC=NC(=O)C43)cc2)cn1. The Balaban J connectivity index is 1.39. The van der Waals surface area contributed by atoms with Gasteiger partial charge in [0.15, 0.2) is 0 Å². The van der Waals surface area contributed by atoms with Crippen LogP contribution in [0.25, 0.3) is 11.1 Å². The third-order valence-electron chi connectivity index (χ3n) is 6.54. The molecule has 1 unspecified atom stereocenters. The standard InChI is InChI=1S/C25H24N8O/c26-11-3-13-32-16-19(15-29-32)17-6-8-20(9-7-17)30-24-23-22(10-12-28-25(23)34)33(31-24)21-5-2-1-4-18(21)14-27/h6-10,12,15-16,18,21,23H,1-5,13H2,(H,30,31)/t18-,21+,23?/m1/s1. The van der Waals surface area contributed by atoms with Gasteiger partial charge in [-0.05, 0) is 36.6 Å². The van der Waals surface area contributed by atoms with Gasteiger partial charge in [-0.2, -0.15) is 15.6 Å². The largest absolute Gasteiger partial charge is 0.285 e. The first-order chi connectivity index (χ1) is 16.7. The number of benzene rings is 1. The number of nitrogens with zero attached hydrogens (tertiary/aromatic N) is 7. The van der Waals surface area contributed by atoms with Gasteiger partial charge in [0.2, 0.25) is 0 Å². The van der Waals surface area contributed by atoms with Gasteiger partial charge >= 0.3 is 0 Å². The molecule has 1 aromatic heterocycles. The van der Waals surface area contributed by atoms with E-state index in [9.17, 15) is 10.1 Å². The second kappa shape index (κ2) is 9.32. The van der Waals surface area contributed by atoms with Gasteiger partial charge in [-0.25, -0.2) is 9.98 Å². The fourth-order valence-electron chi connectivity index (χ4n) is 4.82. The van der Waals surface area contributed by atoms with Crippen LogP contribution in [0.4, 0.5) is 5.69 Å². The summed E-state index contributed by atoms with van der Waals surface area (Å²) in [5.41, 5.74) is 6.82. The number of fused-ring (bicyclic) bond motifs is 1. The summed E-state index contributed by atoms with van der Waals surface area (Å²) in [6, 6.07) is 12.3. The predicted molar refractivity (Wildman–Crippen MR) is 126 cm³/mol. The first kappa shape index (κ1) is 21.6. The summed E-state index contributed by atoms with van der Waals surface area (Å²) in [7, 11) is 0. The monoisotopic (exact) mass is 452 g/mol. The van der Waals surface area contributed by atoms with Crippen LogP contribution in [-0.4, -0.2) is 38.8 Å². The molecule has 0 spiro atoms. The molecule has 3 heterocycles. The number of rotatable bonds is 5. The number of dihydropyridines is 1. The number of carbonyl (C=O) groups is 1. The number of aromatic nitrogens is 2. The average molecular weight is 453 g/mol. The lowest BCUT2D eigenvalue weighted by Crippen LogP contribution is -2.46. The molecule has 3 atom stereocenters. The molecule has 0 radical (unpaired) electrons. The van der Waals surface area contributed by atoms with Crippen molar-refractivity contribution in [1.29, 1.82) is 10.5 Å². The molecular formula is C25H24N8O. The smallest absolute Gasteiger partial charge is 0.262 e. The Hall–Kier alpha value is -4.24. The Labute approximate surface area is 197 Å². The number of hydrogen-bond donors (Lipinski definition) is 1. The van der Waals surface area contributed by atoms with Gasteiger partial charge < -0.3 is 0 Å². The zero-order chi connectivity index (χ0) is 23.5. The number of aliphatic imine (C=N–C) groups is 2. The second-order valence-electron chi connectivity index (χ2n) is 8.65. The normalized spacial score (nSPS) is 24.8. The van der Waals surface area contributed by atoms with Crippen molar-refractivity contribution < 1.29 is 4.79 Å². The molecule has 3 aliphatic rings. The van der Waals surface area contributed by atoms with E-state index in [1.807, 2.05) is 41.5 Å². The van der Waals surface area contributed by atoms with Gasteiger partial charge in [0.05, 0.1) is 54.6 Å². The molecule has 1 N–H and O–H groups in total. The summed E-state index contributed by atoms with van der Waals surface area (Å²) in [4.78, 5) is 21.4. The van der Waals surface area contributed by atoms with Crippen molar-refractivity contribution in [3.63, 3.8) is 0 Å². The summed E-state index contributed by atoms with van der Waals surface area (Å²) in [6.07, 6.45) is 11.3. The van der Waals surface area contributed by atoms with E-state index in [1.165, 1.54) is 6.21 Å². The number of amides is 1. The van der Waals surface area contributed by atoms with Crippen LogP contribution >= 0.6 is 0 Å². The Morgan fingerprint density at radius 2 is 1.97 bits per heavy atom. The summed E-state index contributed by atoms with van der Waals surface area (Å²) < 4.78 is 1.76. The van der Waals surface area contributed by atoms with Gasteiger partial charge in [0.1, 0.15) is 11.8 Å². The molecule has 1 amide bonds. The van der Waals surface area contributed by atoms with E-state index in [0.29, 0.717) is 24.5 Å². The molecule has 2 fully saturated rings. The van der Waals surface area contributed by atoms with Gasteiger partial charge in [-0.1, -0.05) is 25.0 Å². The molecule has 170 valence electrons. The Kier molecular flexibility index (Phi) is 5.92. The molecule has 34 heavy (non-hydrogen) atoms. The van der Waals surface area contributed by atoms with Crippen molar-refractivity contribution in [3.8, 4) is 23.3 Å². The highest BCUT2D eigenvalue weighted by Crippen LogP contribution is 2.36. The number of allylic oxidation sites excluding steroid dienone is 1.